The van der Waals surface area contributed by atoms with E-state index in [0.717, 1.165) is 0 Å². The quantitative estimate of drug-likeness (QED) is 0.307. The molecule has 1 aliphatic rings. The van der Waals surface area contributed by atoms with Gasteiger partial charge in [-0.15, -0.1) is 0 Å². The number of halogens is 2. The summed E-state index contributed by atoms with van der Waals surface area (Å²) in [6.07, 6.45) is 0. The number of carboxylic acid groups (broad SMARTS) is 1. The Morgan fingerprint density at radius 2 is 1.25 bits per heavy atom. The van der Waals surface area contributed by atoms with Crippen LogP contribution >= 0.6 is 23.2 Å². The molecular weight excluding hydrogens is 453 g/mol. The largest absolute Gasteiger partial charge is 0.507 e. The first kappa shape index (κ1) is 21.6. The van der Waals surface area contributed by atoms with E-state index in [2.05, 4.69) is 0 Å². The maximum absolute atomic E-state index is 13.0. The average Bonchev–Trinajstić information content (AvgIpc) is 3.05. The molecule has 0 bridgehead atoms. The van der Waals surface area contributed by atoms with E-state index in [9.17, 15) is 19.5 Å². The van der Waals surface area contributed by atoms with Crippen LogP contribution in [0.4, 0.5) is 5.69 Å². The molecule has 1 heterocycles. The van der Waals surface area contributed by atoms with Crippen LogP contribution in [0.15, 0.2) is 78.4 Å². The summed E-state index contributed by atoms with van der Waals surface area (Å²) in [6.45, 7) is 0. The molecule has 1 aliphatic heterocycles. The minimum absolute atomic E-state index is 0.0366. The number of aliphatic hydroxyl groups is 1. The molecular formula is C24H15Cl2NO5. The predicted molar refractivity (Wildman–Crippen MR) is 121 cm³/mol. The maximum atomic E-state index is 13.0. The predicted octanol–water partition coefficient (Wildman–Crippen LogP) is 5.32. The van der Waals surface area contributed by atoms with Gasteiger partial charge in [0, 0.05) is 21.3 Å². The van der Waals surface area contributed by atoms with Crippen LogP contribution in [-0.4, -0.2) is 27.9 Å². The molecule has 2 N–H and O–H groups in total. The SMILES string of the molecule is O=C1C(=O)N(c2ccc(C(=O)O)cc2)[C@@H](c2ccc(Cl)cc2)C1=C(O)c1ccc(Cl)cc1. The van der Waals surface area contributed by atoms with E-state index in [4.69, 9.17) is 28.3 Å². The van der Waals surface area contributed by atoms with Crippen LogP contribution in [0.2, 0.25) is 10.0 Å². The first-order chi connectivity index (χ1) is 15.3. The Morgan fingerprint density at radius 3 is 1.78 bits per heavy atom. The van der Waals surface area contributed by atoms with Crippen LogP contribution in [-0.2, 0) is 9.59 Å². The Kier molecular flexibility index (Phi) is 5.74. The molecule has 3 aromatic rings. The highest BCUT2D eigenvalue weighted by Gasteiger charge is 2.46. The molecule has 32 heavy (non-hydrogen) atoms. The number of carbonyl (C=O) groups is 3. The lowest BCUT2D eigenvalue weighted by Gasteiger charge is -2.25. The van der Waals surface area contributed by atoms with Crippen molar-refractivity contribution in [1.29, 1.82) is 0 Å². The van der Waals surface area contributed by atoms with Gasteiger partial charge in [-0.25, -0.2) is 4.79 Å². The Balaban J connectivity index is 1.91. The number of Topliss-reactive ketones (excluding diaryl/α,β-unsaturated/α-hetero) is 1. The lowest BCUT2D eigenvalue weighted by Crippen LogP contribution is -2.29. The fourth-order valence-corrected chi connectivity index (χ4v) is 3.84. The number of hydrogen-bond acceptors (Lipinski definition) is 4. The third-order valence-corrected chi connectivity index (χ3v) is 5.64. The molecule has 0 spiro atoms. The third-order valence-electron chi connectivity index (χ3n) is 5.14. The molecule has 0 radical (unpaired) electrons. The zero-order valence-electron chi connectivity index (χ0n) is 16.3. The highest BCUT2D eigenvalue weighted by Crippen LogP contribution is 2.42. The lowest BCUT2D eigenvalue weighted by atomic mass is 9.95. The van der Waals surface area contributed by atoms with E-state index in [0.29, 0.717) is 26.9 Å². The van der Waals surface area contributed by atoms with E-state index in [1.165, 1.54) is 29.2 Å². The van der Waals surface area contributed by atoms with Gasteiger partial charge in [-0.2, -0.15) is 0 Å². The van der Waals surface area contributed by atoms with E-state index in [1.54, 1.807) is 48.5 Å². The molecule has 0 aromatic heterocycles. The van der Waals surface area contributed by atoms with Gasteiger partial charge in [0.05, 0.1) is 17.2 Å². The summed E-state index contributed by atoms with van der Waals surface area (Å²) in [5.41, 5.74) is 1.13. The minimum Gasteiger partial charge on any atom is -0.507 e. The Hall–Kier alpha value is -3.61. The Labute approximate surface area is 192 Å². The van der Waals surface area contributed by atoms with Crippen molar-refractivity contribution in [3.63, 3.8) is 0 Å². The molecule has 4 rings (SSSR count). The number of aromatic carboxylic acids is 1. The van der Waals surface area contributed by atoms with Crippen LogP contribution in [0.25, 0.3) is 5.76 Å². The molecule has 6 nitrogen and oxygen atoms in total. The number of nitrogens with zero attached hydrogens (tertiary/aromatic N) is 1. The number of carbonyl (C=O) groups excluding carboxylic acids is 2. The molecule has 0 unspecified atom stereocenters. The van der Waals surface area contributed by atoms with Crippen molar-refractivity contribution in [3.8, 4) is 0 Å². The second-order valence-electron chi connectivity index (χ2n) is 7.08. The summed E-state index contributed by atoms with van der Waals surface area (Å²) < 4.78 is 0. The summed E-state index contributed by atoms with van der Waals surface area (Å²) in [5, 5.41) is 21.1. The van der Waals surface area contributed by atoms with Gasteiger partial charge >= 0.3 is 5.97 Å². The third kappa shape index (κ3) is 3.86. The highest BCUT2D eigenvalue weighted by molar-refractivity contribution is 6.51. The Bertz CT molecular complexity index is 1250. The van der Waals surface area contributed by atoms with E-state index < -0.39 is 23.7 Å². The topological polar surface area (TPSA) is 94.9 Å². The molecule has 1 atom stereocenters. The summed E-state index contributed by atoms with van der Waals surface area (Å²) >= 11 is 11.9. The first-order valence-electron chi connectivity index (χ1n) is 9.43. The molecule has 3 aromatic carbocycles. The number of carboxylic acids is 1. The van der Waals surface area contributed by atoms with Gasteiger partial charge < -0.3 is 10.2 Å². The fraction of sp³-hybridized carbons (Fsp3) is 0.0417. The zero-order valence-corrected chi connectivity index (χ0v) is 17.8. The second-order valence-corrected chi connectivity index (χ2v) is 7.95. The number of hydrogen-bond donors (Lipinski definition) is 2. The van der Waals surface area contributed by atoms with Crippen LogP contribution < -0.4 is 4.90 Å². The molecule has 1 saturated heterocycles. The van der Waals surface area contributed by atoms with Gasteiger partial charge in [0.25, 0.3) is 11.7 Å². The molecule has 1 fully saturated rings. The summed E-state index contributed by atoms with van der Waals surface area (Å²) in [6, 6.07) is 17.4. The monoisotopic (exact) mass is 467 g/mol. The van der Waals surface area contributed by atoms with Crippen molar-refractivity contribution in [2.24, 2.45) is 0 Å². The van der Waals surface area contributed by atoms with Gasteiger partial charge in [0.1, 0.15) is 5.76 Å². The van der Waals surface area contributed by atoms with Crippen molar-refractivity contribution >= 4 is 52.3 Å². The summed E-state index contributed by atoms with van der Waals surface area (Å²) in [5.74, 6) is -3.16. The van der Waals surface area contributed by atoms with Crippen LogP contribution in [0.1, 0.15) is 27.5 Å². The van der Waals surface area contributed by atoms with Gasteiger partial charge in [0.15, 0.2) is 0 Å². The lowest BCUT2D eigenvalue weighted by molar-refractivity contribution is -0.132. The normalized spacial score (nSPS) is 17.6. The molecule has 0 saturated carbocycles. The standard InChI is InChI=1S/C24H15Cl2NO5/c25-16-7-1-13(2-8-16)20-19(21(28)14-3-9-17(26)10-4-14)22(29)23(30)27(20)18-11-5-15(6-12-18)24(31)32/h1-12,20,28H,(H,31,32)/t20-/m0/s1. The van der Waals surface area contributed by atoms with Gasteiger partial charge in [-0.1, -0.05) is 35.3 Å². The number of benzene rings is 3. The number of anilines is 1. The van der Waals surface area contributed by atoms with Gasteiger partial charge in [0.2, 0.25) is 0 Å². The Morgan fingerprint density at radius 1 is 0.750 bits per heavy atom. The van der Waals surface area contributed by atoms with Crippen molar-refractivity contribution < 1.29 is 24.6 Å². The summed E-state index contributed by atoms with van der Waals surface area (Å²) in [7, 11) is 0. The van der Waals surface area contributed by atoms with Crippen molar-refractivity contribution in [2.75, 3.05) is 4.90 Å². The summed E-state index contributed by atoms with van der Waals surface area (Å²) in [4.78, 5) is 38.5. The van der Waals surface area contributed by atoms with Gasteiger partial charge in [-0.3, -0.25) is 14.5 Å². The second kappa shape index (κ2) is 8.49. The smallest absolute Gasteiger partial charge is 0.335 e. The number of rotatable bonds is 4. The van der Waals surface area contributed by atoms with Crippen LogP contribution in [0.3, 0.4) is 0 Å². The average molecular weight is 468 g/mol. The van der Waals surface area contributed by atoms with Crippen molar-refractivity contribution in [2.45, 2.75) is 6.04 Å². The number of amides is 1. The van der Waals surface area contributed by atoms with Crippen molar-refractivity contribution in [1.82, 2.24) is 0 Å². The molecule has 8 heteroatoms. The molecule has 160 valence electrons. The van der Waals surface area contributed by atoms with Gasteiger partial charge in [-0.05, 0) is 66.2 Å². The van der Waals surface area contributed by atoms with E-state index in [-0.39, 0.29) is 16.9 Å². The number of ketones is 1. The van der Waals surface area contributed by atoms with E-state index >= 15 is 0 Å². The highest BCUT2D eigenvalue weighted by atomic mass is 35.5. The number of aliphatic hydroxyl groups excluding tert-OH is 1. The van der Waals surface area contributed by atoms with Crippen LogP contribution in [0.5, 0.6) is 0 Å². The van der Waals surface area contributed by atoms with Crippen LogP contribution in [0, 0.1) is 0 Å². The maximum Gasteiger partial charge on any atom is 0.335 e. The minimum atomic E-state index is -1.12. The molecule has 1 amide bonds. The first-order valence-corrected chi connectivity index (χ1v) is 10.2. The van der Waals surface area contributed by atoms with Crippen molar-refractivity contribution in [3.05, 3.63) is 105 Å². The fourth-order valence-electron chi connectivity index (χ4n) is 3.59. The zero-order chi connectivity index (χ0) is 23.0. The van der Waals surface area contributed by atoms with E-state index in [1.807, 2.05) is 0 Å². The molecule has 0 aliphatic carbocycles.